The van der Waals surface area contributed by atoms with Gasteiger partial charge < -0.3 is 5.32 Å². The molecule has 1 aromatic carbocycles. The third-order valence-corrected chi connectivity index (χ3v) is 5.75. The molecule has 1 aliphatic heterocycles. The Balaban J connectivity index is 2.15. The van der Waals surface area contributed by atoms with Crippen LogP contribution >= 0.6 is 11.6 Å². The largest absolute Gasteiger partial charge is 0.319 e. The summed E-state index contributed by atoms with van der Waals surface area (Å²) in [6.07, 6.45) is 1.57. The van der Waals surface area contributed by atoms with Crippen LogP contribution in [0.15, 0.2) is 23.1 Å². The molecule has 0 aliphatic carbocycles. The van der Waals surface area contributed by atoms with Crippen LogP contribution in [0.5, 0.6) is 0 Å². The van der Waals surface area contributed by atoms with Crippen LogP contribution in [-0.2, 0) is 10.0 Å². The number of piperidine rings is 1. The van der Waals surface area contributed by atoms with E-state index in [1.54, 1.807) is 0 Å². The summed E-state index contributed by atoms with van der Waals surface area (Å²) in [7, 11) is -1.89. The topological polar surface area (TPSA) is 49.4 Å². The summed E-state index contributed by atoms with van der Waals surface area (Å²) in [5, 5.41) is 3.28. The highest BCUT2D eigenvalue weighted by Crippen LogP contribution is 2.26. The maximum absolute atomic E-state index is 13.8. The SMILES string of the molecule is CNCC1CCN(S(=O)(=O)c2ccc(Cl)cc2F)CC1. The lowest BCUT2D eigenvalue weighted by atomic mass is 9.98. The van der Waals surface area contributed by atoms with Crippen LogP contribution in [0.3, 0.4) is 0 Å². The Labute approximate surface area is 124 Å². The molecule has 112 valence electrons. The van der Waals surface area contributed by atoms with Crippen molar-refractivity contribution in [2.24, 2.45) is 5.92 Å². The van der Waals surface area contributed by atoms with Gasteiger partial charge in [-0.3, -0.25) is 0 Å². The van der Waals surface area contributed by atoms with E-state index in [9.17, 15) is 12.8 Å². The number of benzene rings is 1. The lowest BCUT2D eigenvalue weighted by Crippen LogP contribution is -2.40. The van der Waals surface area contributed by atoms with E-state index in [0.29, 0.717) is 19.0 Å². The van der Waals surface area contributed by atoms with Crippen molar-refractivity contribution in [2.75, 3.05) is 26.7 Å². The molecule has 0 aromatic heterocycles. The minimum atomic E-state index is -3.77. The van der Waals surface area contributed by atoms with E-state index in [1.165, 1.54) is 16.4 Å². The Bertz CT molecular complexity index is 572. The second kappa shape index (κ2) is 6.39. The van der Waals surface area contributed by atoms with Gasteiger partial charge in [-0.2, -0.15) is 4.31 Å². The predicted octanol–water partition coefficient (Wildman–Crippen LogP) is 2.10. The van der Waals surface area contributed by atoms with E-state index in [-0.39, 0.29) is 9.92 Å². The minimum absolute atomic E-state index is 0.189. The number of nitrogens with zero attached hydrogens (tertiary/aromatic N) is 1. The molecule has 1 aromatic rings. The van der Waals surface area contributed by atoms with E-state index in [1.807, 2.05) is 7.05 Å². The van der Waals surface area contributed by atoms with Crippen molar-refractivity contribution < 1.29 is 12.8 Å². The first-order valence-corrected chi connectivity index (χ1v) is 8.36. The van der Waals surface area contributed by atoms with Crippen molar-refractivity contribution in [3.63, 3.8) is 0 Å². The first kappa shape index (κ1) is 15.7. The highest BCUT2D eigenvalue weighted by molar-refractivity contribution is 7.89. The number of hydrogen-bond acceptors (Lipinski definition) is 3. The number of halogens is 2. The van der Waals surface area contributed by atoms with Crippen LogP contribution in [0.2, 0.25) is 5.02 Å². The van der Waals surface area contributed by atoms with Gasteiger partial charge in [-0.1, -0.05) is 11.6 Å². The molecule has 0 unspecified atom stereocenters. The van der Waals surface area contributed by atoms with E-state index in [2.05, 4.69) is 5.32 Å². The van der Waals surface area contributed by atoms with Crippen LogP contribution in [0.1, 0.15) is 12.8 Å². The fourth-order valence-corrected chi connectivity index (χ4v) is 4.14. The van der Waals surface area contributed by atoms with Crippen LogP contribution < -0.4 is 5.32 Å². The fourth-order valence-electron chi connectivity index (χ4n) is 2.47. The van der Waals surface area contributed by atoms with Gasteiger partial charge in [0.25, 0.3) is 0 Å². The zero-order valence-corrected chi connectivity index (χ0v) is 12.8. The Hall–Kier alpha value is -0.690. The molecule has 1 N–H and O–H groups in total. The lowest BCUT2D eigenvalue weighted by molar-refractivity contribution is 0.270. The Morgan fingerprint density at radius 2 is 2.05 bits per heavy atom. The quantitative estimate of drug-likeness (QED) is 0.924. The van der Waals surface area contributed by atoms with Crippen LogP contribution in [0.25, 0.3) is 0 Å². The van der Waals surface area contributed by atoms with Crippen molar-refractivity contribution in [1.82, 2.24) is 9.62 Å². The monoisotopic (exact) mass is 320 g/mol. The van der Waals surface area contributed by atoms with Gasteiger partial charge in [0.05, 0.1) is 0 Å². The van der Waals surface area contributed by atoms with Gasteiger partial charge >= 0.3 is 0 Å². The van der Waals surface area contributed by atoms with Crippen molar-refractivity contribution >= 4 is 21.6 Å². The average Bonchev–Trinajstić information content (AvgIpc) is 2.39. The Morgan fingerprint density at radius 1 is 1.40 bits per heavy atom. The number of sulfonamides is 1. The highest BCUT2D eigenvalue weighted by Gasteiger charge is 2.31. The van der Waals surface area contributed by atoms with Gasteiger partial charge in [-0.05, 0) is 50.6 Å². The molecule has 0 bridgehead atoms. The lowest BCUT2D eigenvalue weighted by Gasteiger charge is -2.31. The first-order chi connectivity index (χ1) is 9.45. The van der Waals surface area contributed by atoms with E-state index in [4.69, 9.17) is 11.6 Å². The average molecular weight is 321 g/mol. The molecule has 20 heavy (non-hydrogen) atoms. The van der Waals surface area contributed by atoms with Gasteiger partial charge in [-0.25, -0.2) is 12.8 Å². The molecule has 1 saturated heterocycles. The maximum atomic E-state index is 13.8. The third-order valence-electron chi connectivity index (χ3n) is 3.58. The van der Waals surface area contributed by atoms with Gasteiger partial charge in [0.15, 0.2) is 0 Å². The summed E-state index contributed by atoms with van der Waals surface area (Å²) in [4.78, 5) is -0.297. The molecule has 0 amide bonds. The second-order valence-electron chi connectivity index (χ2n) is 4.98. The van der Waals surface area contributed by atoms with Gasteiger partial charge in [0, 0.05) is 18.1 Å². The molecular weight excluding hydrogens is 303 g/mol. The summed E-state index contributed by atoms with van der Waals surface area (Å²) in [6.45, 7) is 1.73. The van der Waals surface area contributed by atoms with Gasteiger partial charge in [0.1, 0.15) is 10.7 Å². The van der Waals surface area contributed by atoms with E-state index in [0.717, 1.165) is 25.5 Å². The van der Waals surface area contributed by atoms with Crippen LogP contribution in [0.4, 0.5) is 4.39 Å². The molecule has 1 aliphatic rings. The molecule has 7 heteroatoms. The van der Waals surface area contributed by atoms with Gasteiger partial charge in [-0.15, -0.1) is 0 Å². The Morgan fingerprint density at radius 3 is 2.60 bits per heavy atom. The summed E-state index contributed by atoms with van der Waals surface area (Å²) < 4.78 is 40.0. The number of nitrogens with one attached hydrogen (secondary N) is 1. The first-order valence-electron chi connectivity index (χ1n) is 6.55. The van der Waals surface area contributed by atoms with E-state index >= 15 is 0 Å². The van der Waals surface area contributed by atoms with Crippen LogP contribution in [0, 0.1) is 11.7 Å². The molecule has 1 fully saturated rings. The molecule has 0 spiro atoms. The maximum Gasteiger partial charge on any atom is 0.245 e. The molecule has 2 rings (SSSR count). The van der Waals surface area contributed by atoms with Crippen molar-refractivity contribution in [3.8, 4) is 0 Å². The number of rotatable bonds is 4. The normalized spacial score (nSPS) is 18.4. The summed E-state index contributed by atoms with van der Waals surface area (Å²) in [6, 6.07) is 3.65. The molecule has 0 atom stereocenters. The molecule has 0 saturated carbocycles. The number of hydrogen-bond donors (Lipinski definition) is 1. The summed E-state index contributed by atoms with van der Waals surface area (Å²) in [5.41, 5.74) is 0. The Kier molecular flexibility index (Phi) is 5.01. The van der Waals surface area contributed by atoms with E-state index < -0.39 is 15.8 Å². The third kappa shape index (κ3) is 3.31. The predicted molar refractivity (Wildman–Crippen MR) is 76.8 cm³/mol. The smallest absolute Gasteiger partial charge is 0.245 e. The zero-order chi connectivity index (χ0) is 14.8. The standard InChI is InChI=1S/C13H18ClFN2O2S/c1-16-9-10-4-6-17(7-5-10)20(18,19)13-3-2-11(14)8-12(13)15/h2-3,8,10,16H,4-7,9H2,1H3. The molecule has 0 radical (unpaired) electrons. The highest BCUT2D eigenvalue weighted by atomic mass is 35.5. The molecule has 4 nitrogen and oxygen atoms in total. The second-order valence-corrected chi connectivity index (χ2v) is 7.32. The zero-order valence-electron chi connectivity index (χ0n) is 11.3. The van der Waals surface area contributed by atoms with Crippen molar-refractivity contribution in [1.29, 1.82) is 0 Å². The van der Waals surface area contributed by atoms with Crippen LogP contribution in [-0.4, -0.2) is 39.4 Å². The minimum Gasteiger partial charge on any atom is -0.319 e. The summed E-state index contributed by atoms with van der Waals surface area (Å²) >= 11 is 5.65. The summed E-state index contributed by atoms with van der Waals surface area (Å²) in [5.74, 6) is -0.323. The van der Waals surface area contributed by atoms with Crippen molar-refractivity contribution in [2.45, 2.75) is 17.7 Å². The fraction of sp³-hybridized carbons (Fsp3) is 0.538. The van der Waals surface area contributed by atoms with Gasteiger partial charge in [0.2, 0.25) is 10.0 Å². The molecule has 1 heterocycles. The molecular formula is C13H18ClFN2O2S. The van der Waals surface area contributed by atoms with Crippen molar-refractivity contribution in [3.05, 3.63) is 29.0 Å².